The molecule has 1 atom stereocenters. The highest BCUT2D eigenvalue weighted by molar-refractivity contribution is 6.24. The SMILES string of the molecule is CCNCCCNCc1cccc2c1C(=O)N(C1CCC(=O)NC1=O)C2=O. The summed E-state index contributed by atoms with van der Waals surface area (Å²) in [7, 11) is 0. The topological polar surface area (TPSA) is 108 Å². The molecule has 0 spiro atoms. The lowest BCUT2D eigenvalue weighted by Gasteiger charge is -2.27. The van der Waals surface area contributed by atoms with Crippen LogP contribution in [0.15, 0.2) is 18.2 Å². The predicted molar refractivity (Wildman–Crippen MR) is 98.0 cm³/mol. The highest BCUT2D eigenvalue weighted by Crippen LogP contribution is 2.29. The average molecular weight is 372 g/mol. The first-order chi connectivity index (χ1) is 13.0. The monoisotopic (exact) mass is 372 g/mol. The summed E-state index contributed by atoms with van der Waals surface area (Å²) in [5, 5.41) is 8.74. The van der Waals surface area contributed by atoms with Crippen LogP contribution in [0.25, 0.3) is 0 Å². The number of hydrogen-bond donors (Lipinski definition) is 3. The van der Waals surface area contributed by atoms with Crippen molar-refractivity contribution in [3.63, 3.8) is 0 Å². The number of carbonyl (C=O) groups excluding carboxylic acids is 4. The molecule has 8 heteroatoms. The highest BCUT2D eigenvalue weighted by atomic mass is 16.2. The van der Waals surface area contributed by atoms with Crippen LogP contribution in [0.4, 0.5) is 0 Å². The summed E-state index contributed by atoms with van der Waals surface area (Å²) in [5.41, 5.74) is 1.41. The molecule has 2 heterocycles. The Morgan fingerprint density at radius 3 is 2.63 bits per heavy atom. The molecule has 0 aliphatic carbocycles. The van der Waals surface area contributed by atoms with Crippen molar-refractivity contribution in [2.24, 2.45) is 0 Å². The Morgan fingerprint density at radius 2 is 1.89 bits per heavy atom. The van der Waals surface area contributed by atoms with Crippen LogP contribution in [0.2, 0.25) is 0 Å². The summed E-state index contributed by atoms with van der Waals surface area (Å²) in [5.74, 6) is -1.91. The van der Waals surface area contributed by atoms with Crippen molar-refractivity contribution >= 4 is 23.6 Å². The predicted octanol–water partition coefficient (Wildman–Crippen LogP) is 0.177. The zero-order chi connectivity index (χ0) is 19.4. The van der Waals surface area contributed by atoms with Gasteiger partial charge in [0.1, 0.15) is 6.04 Å². The second-order valence-corrected chi connectivity index (χ2v) is 6.67. The van der Waals surface area contributed by atoms with Crippen LogP contribution in [0.3, 0.4) is 0 Å². The largest absolute Gasteiger partial charge is 0.317 e. The van der Waals surface area contributed by atoms with E-state index in [1.165, 1.54) is 0 Å². The lowest BCUT2D eigenvalue weighted by atomic mass is 10.0. The molecule has 1 aromatic rings. The van der Waals surface area contributed by atoms with Crippen molar-refractivity contribution in [3.8, 4) is 0 Å². The van der Waals surface area contributed by atoms with Gasteiger partial charge >= 0.3 is 0 Å². The summed E-state index contributed by atoms with van der Waals surface area (Å²) in [6.07, 6.45) is 1.23. The minimum atomic E-state index is -0.934. The van der Waals surface area contributed by atoms with E-state index >= 15 is 0 Å². The van der Waals surface area contributed by atoms with Crippen LogP contribution in [0.5, 0.6) is 0 Å². The zero-order valence-corrected chi connectivity index (χ0v) is 15.3. The lowest BCUT2D eigenvalue weighted by Crippen LogP contribution is -2.54. The standard InChI is InChI=1S/C19H24N4O4/c1-2-20-9-4-10-21-11-12-5-3-6-13-16(12)19(27)23(18(13)26)14-7-8-15(24)22-17(14)25/h3,5-6,14,20-21H,2,4,7-11H2,1H3,(H,22,24,25). The van der Waals surface area contributed by atoms with Gasteiger partial charge < -0.3 is 10.6 Å². The number of hydrogen-bond acceptors (Lipinski definition) is 6. The van der Waals surface area contributed by atoms with E-state index in [2.05, 4.69) is 22.9 Å². The first kappa shape index (κ1) is 19.2. The molecule has 4 amide bonds. The van der Waals surface area contributed by atoms with Gasteiger partial charge in [-0.2, -0.15) is 0 Å². The van der Waals surface area contributed by atoms with Gasteiger partial charge in [0, 0.05) is 13.0 Å². The molecule has 1 aromatic carbocycles. The molecule has 3 rings (SSSR count). The molecule has 2 aliphatic rings. The summed E-state index contributed by atoms with van der Waals surface area (Å²) >= 11 is 0. The van der Waals surface area contributed by atoms with Crippen molar-refractivity contribution in [2.75, 3.05) is 19.6 Å². The van der Waals surface area contributed by atoms with E-state index in [-0.39, 0.29) is 18.7 Å². The molecule has 144 valence electrons. The maximum atomic E-state index is 12.9. The minimum absolute atomic E-state index is 0.115. The van der Waals surface area contributed by atoms with Crippen molar-refractivity contribution in [1.82, 2.24) is 20.9 Å². The van der Waals surface area contributed by atoms with Gasteiger partial charge in [0.05, 0.1) is 11.1 Å². The van der Waals surface area contributed by atoms with Crippen molar-refractivity contribution in [2.45, 2.75) is 38.8 Å². The fourth-order valence-corrected chi connectivity index (χ4v) is 3.47. The fraction of sp³-hybridized carbons (Fsp3) is 0.474. The fourth-order valence-electron chi connectivity index (χ4n) is 3.47. The van der Waals surface area contributed by atoms with E-state index in [0.29, 0.717) is 17.7 Å². The molecule has 0 radical (unpaired) electrons. The van der Waals surface area contributed by atoms with Gasteiger partial charge in [0.2, 0.25) is 11.8 Å². The van der Waals surface area contributed by atoms with Gasteiger partial charge in [-0.25, -0.2) is 0 Å². The van der Waals surface area contributed by atoms with Crippen LogP contribution >= 0.6 is 0 Å². The first-order valence-electron chi connectivity index (χ1n) is 9.29. The van der Waals surface area contributed by atoms with E-state index in [0.717, 1.165) is 36.5 Å². The second kappa shape index (κ2) is 8.41. The molecule has 8 nitrogen and oxygen atoms in total. The third kappa shape index (κ3) is 3.91. The van der Waals surface area contributed by atoms with Gasteiger partial charge in [-0.3, -0.25) is 29.4 Å². The third-order valence-corrected chi connectivity index (χ3v) is 4.83. The Hall–Kier alpha value is -2.58. The quantitative estimate of drug-likeness (QED) is 0.444. The summed E-state index contributed by atoms with van der Waals surface area (Å²) in [4.78, 5) is 50.1. The maximum Gasteiger partial charge on any atom is 0.262 e. The molecule has 1 unspecified atom stereocenters. The normalized spacial score (nSPS) is 19.4. The maximum absolute atomic E-state index is 12.9. The number of rotatable bonds is 8. The second-order valence-electron chi connectivity index (χ2n) is 6.67. The number of nitrogens with one attached hydrogen (secondary N) is 3. The average Bonchev–Trinajstić information content (AvgIpc) is 2.90. The zero-order valence-electron chi connectivity index (χ0n) is 15.3. The molecule has 1 fully saturated rings. The Balaban J connectivity index is 1.72. The smallest absolute Gasteiger partial charge is 0.262 e. The van der Waals surface area contributed by atoms with Gasteiger partial charge in [-0.05, 0) is 44.1 Å². The van der Waals surface area contributed by atoms with Crippen molar-refractivity contribution in [1.29, 1.82) is 0 Å². The molecule has 2 aliphatic heterocycles. The molecule has 0 saturated carbocycles. The van der Waals surface area contributed by atoms with E-state index in [1.807, 2.05) is 6.07 Å². The number of amides is 4. The Morgan fingerprint density at radius 1 is 1.11 bits per heavy atom. The van der Waals surface area contributed by atoms with Gasteiger partial charge in [-0.1, -0.05) is 19.1 Å². The van der Waals surface area contributed by atoms with E-state index in [9.17, 15) is 19.2 Å². The Bertz CT molecular complexity index is 777. The number of carbonyl (C=O) groups is 4. The lowest BCUT2D eigenvalue weighted by molar-refractivity contribution is -0.136. The number of piperidine rings is 1. The number of benzene rings is 1. The summed E-state index contributed by atoms with van der Waals surface area (Å²) in [6, 6.07) is 4.23. The first-order valence-corrected chi connectivity index (χ1v) is 9.29. The highest BCUT2D eigenvalue weighted by Gasteiger charge is 2.45. The van der Waals surface area contributed by atoms with Crippen LogP contribution in [0.1, 0.15) is 52.5 Å². The number of imide groups is 2. The number of nitrogens with zero attached hydrogens (tertiary/aromatic N) is 1. The minimum Gasteiger partial charge on any atom is -0.317 e. The van der Waals surface area contributed by atoms with Crippen LogP contribution < -0.4 is 16.0 Å². The van der Waals surface area contributed by atoms with Crippen molar-refractivity contribution in [3.05, 3.63) is 34.9 Å². The molecular formula is C19H24N4O4. The van der Waals surface area contributed by atoms with Gasteiger partial charge in [-0.15, -0.1) is 0 Å². The Kier molecular flexibility index (Phi) is 5.98. The summed E-state index contributed by atoms with van der Waals surface area (Å²) < 4.78 is 0. The number of fused-ring (bicyclic) bond motifs is 1. The third-order valence-electron chi connectivity index (χ3n) is 4.83. The van der Waals surface area contributed by atoms with Crippen LogP contribution in [-0.2, 0) is 16.1 Å². The van der Waals surface area contributed by atoms with E-state index in [1.54, 1.807) is 12.1 Å². The Labute approximate surface area is 157 Å². The van der Waals surface area contributed by atoms with Gasteiger partial charge in [0.25, 0.3) is 11.8 Å². The molecular weight excluding hydrogens is 348 g/mol. The molecule has 0 bridgehead atoms. The van der Waals surface area contributed by atoms with Crippen LogP contribution in [0, 0.1) is 0 Å². The summed E-state index contributed by atoms with van der Waals surface area (Å²) in [6.45, 7) is 5.15. The molecule has 1 saturated heterocycles. The van der Waals surface area contributed by atoms with E-state index < -0.39 is 23.8 Å². The van der Waals surface area contributed by atoms with E-state index in [4.69, 9.17) is 0 Å². The van der Waals surface area contributed by atoms with Crippen LogP contribution in [-0.4, -0.2) is 54.2 Å². The molecule has 27 heavy (non-hydrogen) atoms. The van der Waals surface area contributed by atoms with Gasteiger partial charge in [0.15, 0.2) is 0 Å². The molecule has 0 aromatic heterocycles. The van der Waals surface area contributed by atoms with Crippen molar-refractivity contribution < 1.29 is 19.2 Å². The molecule has 3 N–H and O–H groups in total.